The number of halogens is 1. The van der Waals surface area contributed by atoms with E-state index in [1.807, 2.05) is 31.2 Å². The van der Waals surface area contributed by atoms with E-state index in [0.717, 1.165) is 17.7 Å². The number of hydrogen-bond donors (Lipinski definition) is 2. The van der Waals surface area contributed by atoms with Gasteiger partial charge in [-0.3, -0.25) is 4.79 Å². The van der Waals surface area contributed by atoms with Crippen LogP contribution >= 0.6 is 11.6 Å². The number of carbonyl (C=O) groups excluding carboxylic acids is 1. The minimum Gasteiger partial charge on any atom is -0.506 e. The average molecular weight is 332 g/mol. The lowest BCUT2D eigenvalue weighted by Crippen LogP contribution is -2.08. The number of aromatic hydroxyl groups is 1. The quantitative estimate of drug-likeness (QED) is 0.606. The van der Waals surface area contributed by atoms with Crippen LogP contribution in [-0.4, -0.2) is 17.6 Å². The minimum atomic E-state index is -0.368. The molecule has 0 heterocycles. The van der Waals surface area contributed by atoms with Gasteiger partial charge in [-0.15, -0.1) is 0 Å². The molecule has 4 nitrogen and oxygen atoms in total. The van der Waals surface area contributed by atoms with Crippen molar-refractivity contribution in [2.45, 2.75) is 13.3 Å². The maximum atomic E-state index is 12.0. The molecule has 0 atom stereocenters. The van der Waals surface area contributed by atoms with E-state index in [1.54, 1.807) is 12.1 Å². The number of para-hydroxylation sites is 1. The molecule has 2 rings (SSSR count). The van der Waals surface area contributed by atoms with E-state index < -0.39 is 0 Å². The summed E-state index contributed by atoms with van der Waals surface area (Å²) in [5.41, 5.74) is 1.08. The maximum Gasteiger partial charge on any atom is 0.248 e. The lowest BCUT2D eigenvalue weighted by molar-refractivity contribution is -0.111. The van der Waals surface area contributed by atoms with Crippen LogP contribution in [0, 0.1) is 0 Å². The first-order valence-corrected chi connectivity index (χ1v) is 7.67. The maximum absolute atomic E-state index is 12.0. The number of anilines is 1. The second-order valence-electron chi connectivity index (χ2n) is 4.87. The molecule has 2 N–H and O–H groups in total. The molecular formula is C18H18ClNO3. The van der Waals surface area contributed by atoms with Crippen LogP contribution in [0.1, 0.15) is 18.9 Å². The van der Waals surface area contributed by atoms with Gasteiger partial charge in [0.15, 0.2) is 0 Å². The Kier molecular flexibility index (Phi) is 6.06. The van der Waals surface area contributed by atoms with Crippen LogP contribution in [0.4, 0.5) is 5.69 Å². The standard InChI is InChI=1S/C18H18ClNO3/c1-2-11-23-17-6-4-3-5-13(17)7-10-18(22)20-15-12-14(19)8-9-16(15)21/h3-10,12,21H,2,11H2,1H3,(H,20,22)/b10-7+. The fourth-order valence-corrected chi connectivity index (χ4v) is 2.08. The van der Waals surface area contributed by atoms with Crippen LogP contribution in [0.25, 0.3) is 6.08 Å². The molecule has 23 heavy (non-hydrogen) atoms. The molecule has 0 aliphatic carbocycles. The zero-order chi connectivity index (χ0) is 16.7. The van der Waals surface area contributed by atoms with E-state index in [4.69, 9.17) is 16.3 Å². The van der Waals surface area contributed by atoms with Crippen molar-refractivity contribution >= 4 is 29.3 Å². The van der Waals surface area contributed by atoms with E-state index in [0.29, 0.717) is 11.6 Å². The van der Waals surface area contributed by atoms with Crippen LogP contribution in [0.5, 0.6) is 11.5 Å². The summed E-state index contributed by atoms with van der Waals surface area (Å²) in [7, 11) is 0. The van der Waals surface area contributed by atoms with Gasteiger partial charge < -0.3 is 15.2 Å². The number of hydrogen-bond acceptors (Lipinski definition) is 3. The molecule has 2 aromatic carbocycles. The third kappa shape index (κ3) is 5.04. The first-order chi connectivity index (χ1) is 11.1. The van der Waals surface area contributed by atoms with Crippen molar-refractivity contribution in [1.82, 2.24) is 0 Å². The van der Waals surface area contributed by atoms with Crippen molar-refractivity contribution in [3.05, 3.63) is 59.1 Å². The van der Waals surface area contributed by atoms with E-state index in [1.165, 1.54) is 18.2 Å². The monoisotopic (exact) mass is 331 g/mol. The molecule has 2 aromatic rings. The van der Waals surface area contributed by atoms with Crippen molar-refractivity contribution in [2.75, 3.05) is 11.9 Å². The van der Waals surface area contributed by atoms with E-state index >= 15 is 0 Å². The minimum absolute atomic E-state index is 0.0390. The van der Waals surface area contributed by atoms with Crippen LogP contribution < -0.4 is 10.1 Å². The number of ether oxygens (including phenoxy) is 1. The van der Waals surface area contributed by atoms with Crippen LogP contribution in [0.2, 0.25) is 5.02 Å². The normalized spacial score (nSPS) is 10.7. The van der Waals surface area contributed by atoms with Crippen LogP contribution in [0.15, 0.2) is 48.5 Å². The van der Waals surface area contributed by atoms with E-state index in [2.05, 4.69) is 5.32 Å². The molecule has 0 aliphatic rings. The Labute approximate surface area is 140 Å². The summed E-state index contributed by atoms with van der Waals surface area (Å²) in [6, 6.07) is 11.9. The summed E-state index contributed by atoms with van der Waals surface area (Å²) in [6.45, 7) is 2.65. The van der Waals surface area contributed by atoms with Gasteiger partial charge in [0, 0.05) is 16.7 Å². The summed E-state index contributed by atoms with van der Waals surface area (Å²) in [4.78, 5) is 12.0. The van der Waals surface area contributed by atoms with Crippen molar-refractivity contribution in [2.24, 2.45) is 0 Å². The number of phenolic OH excluding ortho intramolecular Hbond substituents is 1. The third-order valence-corrected chi connectivity index (χ3v) is 3.25. The zero-order valence-electron chi connectivity index (χ0n) is 12.8. The predicted octanol–water partition coefficient (Wildman–Crippen LogP) is 4.49. The number of rotatable bonds is 6. The van der Waals surface area contributed by atoms with Crippen molar-refractivity contribution in [3.8, 4) is 11.5 Å². The molecule has 0 aromatic heterocycles. The molecule has 0 radical (unpaired) electrons. The second kappa shape index (κ2) is 8.25. The van der Waals surface area contributed by atoms with Gasteiger partial charge in [0.25, 0.3) is 0 Å². The highest BCUT2D eigenvalue weighted by atomic mass is 35.5. The average Bonchev–Trinajstić information content (AvgIpc) is 2.55. The highest BCUT2D eigenvalue weighted by molar-refractivity contribution is 6.31. The Hall–Kier alpha value is -2.46. The molecule has 0 fully saturated rings. The van der Waals surface area contributed by atoms with E-state index in [-0.39, 0.29) is 17.3 Å². The van der Waals surface area contributed by atoms with Gasteiger partial charge in [-0.05, 0) is 36.8 Å². The van der Waals surface area contributed by atoms with E-state index in [9.17, 15) is 9.90 Å². The van der Waals surface area contributed by atoms with Crippen molar-refractivity contribution in [3.63, 3.8) is 0 Å². The molecule has 0 saturated heterocycles. The number of phenols is 1. The topological polar surface area (TPSA) is 58.6 Å². The first kappa shape index (κ1) is 16.9. The zero-order valence-corrected chi connectivity index (χ0v) is 13.5. The van der Waals surface area contributed by atoms with Crippen LogP contribution in [-0.2, 0) is 4.79 Å². The highest BCUT2D eigenvalue weighted by Crippen LogP contribution is 2.26. The Balaban J connectivity index is 2.08. The van der Waals surface area contributed by atoms with Gasteiger partial charge in [-0.1, -0.05) is 36.7 Å². The molecule has 5 heteroatoms. The largest absolute Gasteiger partial charge is 0.506 e. The van der Waals surface area contributed by atoms with Gasteiger partial charge in [0.2, 0.25) is 5.91 Å². The van der Waals surface area contributed by atoms with Gasteiger partial charge in [-0.2, -0.15) is 0 Å². The second-order valence-corrected chi connectivity index (χ2v) is 5.31. The summed E-state index contributed by atoms with van der Waals surface area (Å²) in [5.74, 6) is 0.319. The summed E-state index contributed by atoms with van der Waals surface area (Å²) < 4.78 is 5.63. The Morgan fingerprint density at radius 1 is 1.30 bits per heavy atom. The van der Waals surface area contributed by atoms with Gasteiger partial charge in [0.05, 0.1) is 12.3 Å². The summed E-state index contributed by atoms with van der Waals surface area (Å²) >= 11 is 5.85. The molecular weight excluding hydrogens is 314 g/mol. The summed E-state index contributed by atoms with van der Waals surface area (Å²) in [6.07, 6.45) is 3.96. The number of benzene rings is 2. The van der Waals surface area contributed by atoms with Gasteiger partial charge >= 0.3 is 0 Å². The fourth-order valence-electron chi connectivity index (χ4n) is 1.91. The SMILES string of the molecule is CCCOc1ccccc1/C=C/C(=O)Nc1cc(Cl)ccc1O. The Morgan fingerprint density at radius 3 is 2.87 bits per heavy atom. The molecule has 120 valence electrons. The van der Waals surface area contributed by atoms with Gasteiger partial charge in [-0.25, -0.2) is 0 Å². The van der Waals surface area contributed by atoms with Gasteiger partial charge in [0.1, 0.15) is 11.5 Å². The van der Waals surface area contributed by atoms with Crippen LogP contribution in [0.3, 0.4) is 0 Å². The van der Waals surface area contributed by atoms with Crippen molar-refractivity contribution < 1.29 is 14.6 Å². The Bertz CT molecular complexity index is 713. The molecule has 1 amide bonds. The third-order valence-electron chi connectivity index (χ3n) is 3.01. The molecule has 0 saturated carbocycles. The molecule has 0 unspecified atom stereocenters. The summed E-state index contributed by atoms with van der Waals surface area (Å²) in [5, 5.41) is 12.7. The number of carbonyl (C=O) groups is 1. The lowest BCUT2D eigenvalue weighted by Gasteiger charge is -2.08. The fraction of sp³-hybridized carbons (Fsp3) is 0.167. The highest BCUT2D eigenvalue weighted by Gasteiger charge is 2.05. The molecule has 0 aliphatic heterocycles. The predicted molar refractivity (Wildman–Crippen MR) is 93.0 cm³/mol. The Morgan fingerprint density at radius 2 is 2.09 bits per heavy atom. The molecule has 0 bridgehead atoms. The smallest absolute Gasteiger partial charge is 0.248 e. The lowest BCUT2D eigenvalue weighted by atomic mass is 10.2. The number of nitrogens with one attached hydrogen (secondary N) is 1. The molecule has 0 spiro atoms. The first-order valence-electron chi connectivity index (χ1n) is 7.29. The van der Waals surface area contributed by atoms with Crippen molar-refractivity contribution in [1.29, 1.82) is 0 Å². The number of amides is 1.